The number of carboxylic acid groups (broad SMARTS) is 1. The maximum Gasteiger partial charge on any atom is 0.323 e. The molecule has 0 aliphatic heterocycles. The van der Waals surface area contributed by atoms with Crippen LogP contribution in [0.1, 0.15) is 30.9 Å². The van der Waals surface area contributed by atoms with Gasteiger partial charge in [-0.15, -0.1) is 0 Å². The second-order valence-corrected chi connectivity index (χ2v) is 5.85. The Kier molecular flexibility index (Phi) is 4.32. The summed E-state index contributed by atoms with van der Waals surface area (Å²) in [5.74, 6) is -0.813. The van der Waals surface area contributed by atoms with Gasteiger partial charge in [-0.1, -0.05) is 0 Å². The number of aromatic nitrogens is 2. The minimum absolute atomic E-state index is 0.573. The van der Waals surface area contributed by atoms with E-state index in [2.05, 4.69) is 40.8 Å². The van der Waals surface area contributed by atoms with Gasteiger partial charge in [-0.2, -0.15) is 0 Å². The van der Waals surface area contributed by atoms with Crippen LogP contribution in [-0.4, -0.2) is 33.2 Å². The third-order valence-electron chi connectivity index (χ3n) is 4.34. The van der Waals surface area contributed by atoms with E-state index < -0.39 is 11.5 Å². The number of likely N-dealkylation sites (N-methyl/N-ethyl adjacent to an activating group) is 1. The SMILES string of the molecule is CNC(C)(CCCn1cnc2cc(C)c(C)cc21)C(=O)O. The van der Waals surface area contributed by atoms with Gasteiger partial charge in [0.1, 0.15) is 5.54 Å². The van der Waals surface area contributed by atoms with Gasteiger partial charge in [-0.25, -0.2) is 4.98 Å². The van der Waals surface area contributed by atoms with Crippen molar-refractivity contribution in [3.8, 4) is 0 Å². The number of rotatable bonds is 6. The van der Waals surface area contributed by atoms with Crippen molar-refractivity contribution in [3.63, 3.8) is 0 Å². The molecular formula is C16H23N3O2. The summed E-state index contributed by atoms with van der Waals surface area (Å²) >= 11 is 0. The highest BCUT2D eigenvalue weighted by Crippen LogP contribution is 2.20. The molecule has 0 bridgehead atoms. The summed E-state index contributed by atoms with van der Waals surface area (Å²) in [7, 11) is 1.69. The number of nitrogens with zero attached hydrogens (tertiary/aromatic N) is 2. The molecule has 2 rings (SSSR count). The Morgan fingerprint density at radius 3 is 2.67 bits per heavy atom. The van der Waals surface area contributed by atoms with Crippen molar-refractivity contribution in [2.45, 2.75) is 45.7 Å². The summed E-state index contributed by atoms with van der Waals surface area (Å²) < 4.78 is 2.10. The fraction of sp³-hybridized carbons (Fsp3) is 0.500. The first-order valence-electron chi connectivity index (χ1n) is 7.22. The normalized spacial score (nSPS) is 14.3. The molecular weight excluding hydrogens is 266 g/mol. The van der Waals surface area contributed by atoms with E-state index in [9.17, 15) is 9.90 Å². The maximum absolute atomic E-state index is 11.3. The second kappa shape index (κ2) is 5.85. The number of aliphatic carboxylic acids is 1. The van der Waals surface area contributed by atoms with E-state index in [-0.39, 0.29) is 0 Å². The molecule has 0 saturated heterocycles. The first-order chi connectivity index (χ1) is 9.87. The van der Waals surface area contributed by atoms with Gasteiger partial charge in [0, 0.05) is 6.54 Å². The Labute approximate surface area is 125 Å². The minimum Gasteiger partial charge on any atom is -0.480 e. The zero-order chi connectivity index (χ0) is 15.6. The summed E-state index contributed by atoms with van der Waals surface area (Å²) in [5.41, 5.74) is 3.71. The van der Waals surface area contributed by atoms with Crippen LogP contribution in [0.5, 0.6) is 0 Å². The zero-order valence-electron chi connectivity index (χ0n) is 13.1. The topological polar surface area (TPSA) is 67.2 Å². The monoisotopic (exact) mass is 289 g/mol. The van der Waals surface area contributed by atoms with Gasteiger partial charge in [-0.3, -0.25) is 4.79 Å². The molecule has 2 aromatic rings. The van der Waals surface area contributed by atoms with E-state index in [1.807, 2.05) is 6.33 Å². The third-order valence-corrected chi connectivity index (χ3v) is 4.34. The predicted molar refractivity (Wildman–Crippen MR) is 83.5 cm³/mol. The Bertz CT molecular complexity index is 663. The maximum atomic E-state index is 11.3. The summed E-state index contributed by atoms with van der Waals surface area (Å²) in [6.07, 6.45) is 3.19. The smallest absolute Gasteiger partial charge is 0.323 e. The number of carbonyl (C=O) groups is 1. The molecule has 0 aliphatic rings. The van der Waals surface area contributed by atoms with Crippen LogP contribution in [-0.2, 0) is 11.3 Å². The number of aryl methyl sites for hydroxylation is 3. The predicted octanol–water partition coefficient (Wildman–Crippen LogP) is 2.50. The van der Waals surface area contributed by atoms with Gasteiger partial charge >= 0.3 is 5.97 Å². The van der Waals surface area contributed by atoms with Crippen LogP contribution in [0, 0.1) is 13.8 Å². The first-order valence-corrected chi connectivity index (χ1v) is 7.22. The molecule has 0 radical (unpaired) electrons. The summed E-state index contributed by atoms with van der Waals surface area (Å²) in [6, 6.07) is 4.24. The van der Waals surface area contributed by atoms with E-state index in [4.69, 9.17) is 0 Å². The number of nitrogens with one attached hydrogen (secondary N) is 1. The van der Waals surface area contributed by atoms with Crippen LogP contribution in [0.25, 0.3) is 11.0 Å². The van der Waals surface area contributed by atoms with E-state index in [0.29, 0.717) is 6.42 Å². The number of hydrogen-bond acceptors (Lipinski definition) is 3. The molecule has 0 spiro atoms. The van der Waals surface area contributed by atoms with Crippen molar-refractivity contribution in [1.29, 1.82) is 0 Å². The van der Waals surface area contributed by atoms with Crippen molar-refractivity contribution in [2.75, 3.05) is 7.05 Å². The average Bonchev–Trinajstić information content (AvgIpc) is 2.81. The standard InChI is InChI=1S/C16H23N3O2/c1-11-8-13-14(9-12(11)2)19(10-18-13)7-5-6-16(3,17-4)15(20)21/h8-10,17H,5-7H2,1-4H3,(H,20,21). The van der Waals surface area contributed by atoms with Crippen molar-refractivity contribution in [1.82, 2.24) is 14.9 Å². The molecule has 5 heteroatoms. The molecule has 1 aromatic heterocycles. The van der Waals surface area contributed by atoms with Gasteiger partial charge in [-0.05, 0) is 63.9 Å². The number of fused-ring (bicyclic) bond motifs is 1. The Hall–Kier alpha value is -1.88. The van der Waals surface area contributed by atoms with E-state index in [1.54, 1.807) is 14.0 Å². The lowest BCUT2D eigenvalue weighted by Crippen LogP contribution is -2.47. The number of benzene rings is 1. The van der Waals surface area contributed by atoms with Gasteiger partial charge < -0.3 is 15.0 Å². The molecule has 1 heterocycles. The van der Waals surface area contributed by atoms with Crippen LogP contribution in [0.3, 0.4) is 0 Å². The van der Waals surface area contributed by atoms with Crippen LogP contribution in [0.2, 0.25) is 0 Å². The molecule has 21 heavy (non-hydrogen) atoms. The van der Waals surface area contributed by atoms with Gasteiger partial charge in [0.15, 0.2) is 0 Å². The largest absolute Gasteiger partial charge is 0.480 e. The summed E-state index contributed by atoms with van der Waals surface area (Å²) in [6.45, 7) is 6.66. The quantitative estimate of drug-likeness (QED) is 0.857. The van der Waals surface area contributed by atoms with Crippen molar-refractivity contribution in [2.24, 2.45) is 0 Å². The van der Waals surface area contributed by atoms with Crippen LogP contribution in [0.4, 0.5) is 0 Å². The van der Waals surface area contributed by atoms with Crippen molar-refractivity contribution < 1.29 is 9.90 Å². The van der Waals surface area contributed by atoms with Crippen molar-refractivity contribution >= 4 is 17.0 Å². The molecule has 0 amide bonds. The molecule has 2 N–H and O–H groups in total. The third kappa shape index (κ3) is 3.08. The lowest BCUT2D eigenvalue weighted by Gasteiger charge is -2.24. The molecule has 0 saturated carbocycles. The highest BCUT2D eigenvalue weighted by Gasteiger charge is 2.30. The number of hydrogen-bond donors (Lipinski definition) is 2. The lowest BCUT2D eigenvalue weighted by molar-refractivity contribution is -0.144. The minimum atomic E-state index is -0.872. The van der Waals surface area contributed by atoms with E-state index in [1.165, 1.54) is 11.1 Å². The highest BCUT2D eigenvalue weighted by atomic mass is 16.4. The van der Waals surface area contributed by atoms with Crippen LogP contribution in [0.15, 0.2) is 18.5 Å². The molecule has 1 atom stereocenters. The molecule has 5 nitrogen and oxygen atoms in total. The summed E-state index contributed by atoms with van der Waals surface area (Å²) in [5, 5.41) is 12.1. The molecule has 114 valence electrons. The zero-order valence-corrected chi connectivity index (χ0v) is 13.1. The first kappa shape index (κ1) is 15.5. The average molecular weight is 289 g/mol. The van der Waals surface area contributed by atoms with Gasteiger partial charge in [0.05, 0.1) is 17.4 Å². The lowest BCUT2D eigenvalue weighted by atomic mass is 9.96. The molecule has 0 aliphatic carbocycles. The van der Waals surface area contributed by atoms with Crippen LogP contribution >= 0.6 is 0 Å². The molecule has 0 fully saturated rings. The Balaban J connectivity index is 2.11. The second-order valence-electron chi connectivity index (χ2n) is 5.85. The van der Waals surface area contributed by atoms with Crippen LogP contribution < -0.4 is 5.32 Å². The van der Waals surface area contributed by atoms with E-state index >= 15 is 0 Å². The fourth-order valence-corrected chi connectivity index (χ4v) is 2.43. The Morgan fingerprint density at radius 2 is 2.05 bits per heavy atom. The summed E-state index contributed by atoms with van der Waals surface area (Å²) in [4.78, 5) is 15.7. The van der Waals surface area contributed by atoms with Gasteiger partial charge in [0.2, 0.25) is 0 Å². The number of carboxylic acids is 1. The van der Waals surface area contributed by atoms with Crippen molar-refractivity contribution in [3.05, 3.63) is 29.6 Å². The molecule has 1 unspecified atom stereocenters. The van der Waals surface area contributed by atoms with E-state index in [0.717, 1.165) is 24.0 Å². The number of imidazole rings is 1. The highest BCUT2D eigenvalue weighted by molar-refractivity contribution is 5.78. The molecule has 1 aromatic carbocycles. The van der Waals surface area contributed by atoms with Gasteiger partial charge in [0.25, 0.3) is 0 Å². The Morgan fingerprint density at radius 1 is 1.38 bits per heavy atom. The fourth-order valence-electron chi connectivity index (χ4n) is 2.43.